The van der Waals surface area contributed by atoms with E-state index in [1.807, 2.05) is 6.07 Å². The largest absolute Gasteiger partial charge is 0.342 e. The molecule has 3 nitrogen and oxygen atoms in total. The number of rotatable bonds is 2. The summed E-state index contributed by atoms with van der Waals surface area (Å²) in [5, 5.41) is 3.48. The Balaban J connectivity index is 0.00000196. The predicted molar refractivity (Wildman–Crippen MR) is 104 cm³/mol. The summed E-state index contributed by atoms with van der Waals surface area (Å²) in [5.41, 5.74) is 0.800. The molecule has 1 spiro atoms. The molecule has 0 unspecified atom stereocenters. The molecule has 1 N–H and O–H groups in total. The van der Waals surface area contributed by atoms with Crippen LogP contribution in [0.1, 0.15) is 56.9 Å². The monoisotopic (exact) mass is 380 g/mol. The predicted octanol–water partition coefficient (Wildman–Crippen LogP) is 4.05. The van der Waals surface area contributed by atoms with Crippen molar-refractivity contribution in [2.24, 2.45) is 5.41 Å². The average molecular weight is 381 g/mol. The molecule has 2 aliphatic heterocycles. The molecule has 144 valence electrons. The number of carbonyl (C=O) groups is 1. The minimum absolute atomic E-state index is 0. The number of likely N-dealkylation sites (tertiary alicyclic amines) is 1. The molecule has 1 aromatic carbocycles. The molecule has 3 fully saturated rings. The van der Waals surface area contributed by atoms with E-state index in [1.54, 1.807) is 12.1 Å². The number of piperidine rings is 1. The Hall–Kier alpha value is -1.13. The van der Waals surface area contributed by atoms with Crippen LogP contribution in [0.5, 0.6) is 0 Å². The molecule has 4 rings (SSSR count). The molecule has 1 amide bonds. The quantitative estimate of drug-likeness (QED) is 0.839. The van der Waals surface area contributed by atoms with Crippen LogP contribution in [0.4, 0.5) is 4.39 Å². The van der Waals surface area contributed by atoms with Gasteiger partial charge < -0.3 is 10.2 Å². The van der Waals surface area contributed by atoms with Crippen molar-refractivity contribution in [3.05, 3.63) is 35.6 Å². The molecule has 0 aromatic heterocycles. The fourth-order valence-corrected chi connectivity index (χ4v) is 5.28. The van der Waals surface area contributed by atoms with Gasteiger partial charge in [-0.2, -0.15) is 0 Å². The van der Waals surface area contributed by atoms with Crippen LogP contribution >= 0.6 is 12.4 Å². The van der Waals surface area contributed by atoms with E-state index < -0.39 is 5.41 Å². The third-order valence-electron chi connectivity index (χ3n) is 6.94. The van der Waals surface area contributed by atoms with E-state index in [4.69, 9.17) is 0 Å². The molecule has 1 saturated carbocycles. The van der Waals surface area contributed by atoms with Gasteiger partial charge in [0.2, 0.25) is 5.91 Å². The Labute approximate surface area is 162 Å². The van der Waals surface area contributed by atoms with Gasteiger partial charge in [-0.1, -0.05) is 31.4 Å². The molecule has 0 radical (unpaired) electrons. The Kier molecular flexibility index (Phi) is 5.93. The van der Waals surface area contributed by atoms with Crippen LogP contribution in [0.25, 0.3) is 0 Å². The lowest BCUT2D eigenvalue weighted by molar-refractivity contribution is -0.141. The van der Waals surface area contributed by atoms with Crippen LogP contribution in [0.2, 0.25) is 0 Å². The highest BCUT2D eigenvalue weighted by atomic mass is 35.5. The van der Waals surface area contributed by atoms with E-state index in [9.17, 15) is 9.18 Å². The molecule has 2 heterocycles. The first-order valence-electron chi connectivity index (χ1n) is 9.90. The first kappa shape index (κ1) is 19.6. The summed E-state index contributed by atoms with van der Waals surface area (Å²) in [4.78, 5) is 15.7. The van der Waals surface area contributed by atoms with Crippen LogP contribution in [0, 0.1) is 11.2 Å². The molecule has 3 aliphatic rings. The fourth-order valence-electron chi connectivity index (χ4n) is 5.28. The summed E-state index contributed by atoms with van der Waals surface area (Å²) in [7, 11) is 0. The zero-order valence-corrected chi connectivity index (χ0v) is 16.3. The second kappa shape index (κ2) is 7.85. The Morgan fingerprint density at radius 1 is 1.04 bits per heavy atom. The Bertz CT molecular complexity index is 629. The van der Waals surface area contributed by atoms with Gasteiger partial charge in [0.05, 0.1) is 5.41 Å². The summed E-state index contributed by atoms with van der Waals surface area (Å²) >= 11 is 0. The van der Waals surface area contributed by atoms with Crippen molar-refractivity contribution >= 4 is 18.3 Å². The van der Waals surface area contributed by atoms with Crippen LogP contribution in [0.3, 0.4) is 0 Å². The third kappa shape index (κ3) is 3.50. The molecule has 5 heteroatoms. The van der Waals surface area contributed by atoms with Gasteiger partial charge in [0.25, 0.3) is 0 Å². The maximum Gasteiger partial charge on any atom is 0.233 e. The van der Waals surface area contributed by atoms with Gasteiger partial charge in [0.15, 0.2) is 0 Å². The molecular formula is C21H30ClFN2O. The topological polar surface area (TPSA) is 32.3 Å². The summed E-state index contributed by atoms with van der Waals surface area (Å²) < 4.78 is 13.9. The third-order valence-corrected chi connectivity index (χ3v) is 6.94. The van der Waals surface area contributed by atoms with E-state index in [0.29, 0.717) is 5.41 Å². The number of hydrogen-bond acceptors (Lipinski definition) is 2. The van der Waals surface area contributed by atoms with Crippen molar-refractivity contribution in [3.8, 4) is 0 Å². The first-order valence-corrected chi connectivity index (χ1v) is 9.90. The van der Waals surface area contributed by atoms with E-state index in [-0.39, 0.29) is 24.1 Å². The smallest absolute Gasteiger partial charge is 0.233 e. The lowest BCUT2D eigenvalue weighted by atomic mass is 9.67. The van der Waals surface area contributed by atoms with E-state index in [2.05, 4.69) is 10.2 Å². The highest BCUT2D eigenvalue weighted by Crippen LogP contribution is 2.43. The van der Waals surface area contributed by atoms with Gasteiger partial charge in [-0.15, -0.1) is 12.4 Å². The Morgan fingerprint density at radius 2 is 1.77 bits per heavy atom. The number of halogens is 2. The second-order valence-electron chi connectivity index (χ2n) is 8.37. The maximum atomic E-state index is 13.9. The minimum Gasteiger partial charge on any atom is -0.342 e. The molecular weight excluding hydrogens is 351 g/mol. The van der Waals surface area contributed by atoms with Crippen molar-refractivity contribution in [1.29, 1.82) is 0 Å². The fraction of sp³-hybridized carbons (Fsp3) is 0.667. The summed E-state index contributed by atoms with van der Waals surface area (Å²) in [6.07, 6.45) is 8.46. The van der Waals surface area contributed by atoms with Crippen molar-refractivity contribution in [2.75, 3.05) is 26.2 Å². The average Bonchev–Trinajstić information content (AvgIpc) is 3.10. The van der Waals surface area contributed by atoms with Crippen molar-refractivity contribution < 1.29 is 9.18 Å². The molecule has 2 saturated heterocycles. The first-order chi connectivity index (χ1) is 12.1. The molecule has 0 bridgehead atoms. The van der Waals surface area contributed by atoms with Crippen LogP contribution in [-0.2, 0) is 10.2 Å². The van der Waals surface area contributed by atoms with Gasteiger partial charge in [-0.05, 0) is 61.8 Å². The lowest BCUT2D eigenvalue weighted by Gasteiger charge is -2.45. The standard InChI is InChI=1S/C21H29FN2O.ClH/c22-18-6-4-5-17(15-18)21(7-2-1-3-8-21)19(25)24-13-10-20(11-14-24)9-12-23-16-20;/h4-6,15,23H,1-3,7-14,16H2;1H. The lowest BCUT2D eigenvalue weighted by Crippen LogP contribution is -2.52. The van der Waals surface area contributed by atoms with Gasteiger partial charge in [-0.3, -0.25) is 4.79 Å². The highest BCUT2D eigenvalue weighted by molar-refractivity contribution is 5.88. The van der Waals surface area contributed by atoms with Crippen molar-refractivity contribution in [3.63, 3.8) is 0 Å². The van der Waals surface area contributed by atoms with Crippen molar-refractivity contribution in [1.82, 2.24) is 10.2 Å². The normalized spacial score (nSPS) is 24.3. The zero-order chi connectivity index (χ0) is 17.3. The number of amides is 1. The van der Waals surface area contributed by atoms with E-state index >= 15 is 0 Å². The summed E-state index contributed by atoms with van der Waals surface area (Å²) in [5.74, 6) is 0.0171. The number of nitrogens with one attached hydrogen (secondary N) is 1. The zero-order valence-electron chi connectivity index (χ0n) is 15.4. The van der Waals surface area contributed by atoms with E-state index in [0.717, 1.165) is 70.3 Å². The van der Waals surface area contributed by atoms with Gasteiger partial charge in [-0.25, -0.2) is 4.39 Å². The Morgan fingerprint density at radius 3 is 2.38 bits per heavy atom. The molecule has 1 aromatic rings. The van der Waals surface area contributed by atoms with Crippen LogP contribution in [-0.4, -0.2) is 37.0 Å². The van der Waals surface area contributed by atoms with Crippen LogP contribution < -0.4 is 5.32 Å². The van der Waals surface area contributed by atoms with Gasteiger partial charge in [0, 0.05) is 19.6 Å². The van der Waals surface area contributed by atoms with Crippen LogP contribution in [0.15, 0.2) is 24.3 Å². The summed E-state index contributed by atoms with van der Waals surface area (Å²) in [6, 6.07) is 6.78. The SMILES string of the molecule is Cl.O=C(N1CCC2(CCNC2)CC1)C1(c2cccc(F)c2)CCCCC1. The molecule has 0 atom stereocenters. The van der Waals surface area contributed by atoms with Gasteiger partial charge in [0.1, 0.15) is 5.82 Å². The number of benzene rings is 1. The molecule has 1 aliphatic carbocycles. The molecule has 26 heavy (non-hydrogen) atoms. The van der Waals surface area contributed by atoms with Crippen molar-refractivity contribution in [2.45, 2.75) is 56.8 Å². The highest BCUT2D eigenvalue weighted by Gasteiger charge is 2.46. The van der Waals surface area contributed by atoms with E-state index in [1.165, 1.54) is 18.9 Å². The second-order valence-corrected chi connectivity index (χ2v) is 8.37. The number of hydrogen-bond donors (Lipinski definition) is 1. The van der Waals surface area contributed by atoms with Gasteiger partial charge >= 0.3 is 0 Å². The maximum absolute atomic E-state index is 13.9. The number of carbonyl (C=O) groups excluding carboxylic acids is 1. The number of nitrogens with zero attached hydrogens (tertiary/aromatic N) is 1. The summed E-state index contributed by atoms with van der Waals surface area (Å²) in [6.45, 7) is 3.93. The minimum atomic E-state index is -0.501.